The molecule has 2 atom stereocenters. The van der Waals surface area contributed by atoms with Gasteiger partial charge in [0.25, 0.3) is 0 Å². The van der Waals surface area contributed by atoms with E-state index < -0.39 is 26.5 Å². The van der Waals surface area contributed by atoms with E-state index in [2.05, 4.69) is 48.6 Å². The summed E-state index contributed by atoms with van der Waals surface area (Å²) in [5.41, 5.74) is 11.6. The van der Waals surface area contributed by atoms with Gasteiger partial charge in [-0.3, -0.25) is 4.79 Å². The van der Waals surface area contributed by atoms with Gasteiger partial charge >= 0.3 is 5.97 Å². The fourth-order valence-corrected chi connectivity index (χ4v) is 3.39. The molecule has 0 spiro atoms. The quantitative estimate of drug-likeness (QED) is 0.563. The fourth-order valence-electron chi connectivity index (χ4n) is 2.39. The molecule has 1 aromatic rings. The lowest BCUT2D eigenvalue weighted by atomic mass is 10.1. The summed E-state index contributed by atoms with van der Waals surface area (Å²) in [5.74, 6) is -0.950. The van der Waals surface area contributed by atoms with Crippen LogP contribution in [0.2, 0.25) is 18.1 Å². The summed E-state index contributed by atoms with van der Waals surface area (Å²) >= 11 is 0. The minimum absolute atomic E-state index is 0.0175. The second-order valence-electron chi connectivity index (χ2n) is 8.07. The summed E-state index contributed by atoms with van der Waals surface area (Å²) in [6, 6.07) is 0. The van der Waals surface area contributed by atoms with Gasteiger partial charge in [-0.25, -0.2) is 14.8 Å². The Balaban J connectivity index is 2.17. The lowest BCUT2D eigenvalue weighted by Gasteiger charge is -2.36. The Morgan fingerprint density at radius 3 is 2.44 bits per heavy atom. The van der Waals surface area contributed by atoms with Gasteiger partial charge in [-0.15, -0.1) is 0 Å². The number of Topliss-reactive ketones (excluding diaryl/α,β-unsaturated/α-hetero) is 1. The molecule has 1 aromatic heterocycles. The van der Waals surface area contributed by atoms with Crippen LogP contribution in [-0.4, -0.2) is 49.9 Å². The number of nitrogen functional groups attached to an aromatic ring is 2. The molecule has 2 rings (SSSR count). The molecule has 0 saturated carbocycles. The third-order valence-electron chi connectivity index (χ3n) is 5.14. The number of hydrogen-bond acceptors (Lipinski definition) is 9. The highest BCUT2D eigenvalue weighted by Crippen LogP contribution is 2.38. The normalized spacial score (nSPS) is 20.7. The van der Waals surface area contributed by atoms with Crippen LogP contribution >= 0.6 is 0 Å². The number of rotatable bonds is 5. The van der Waals surface area contributed by atoms with Gasteiger partial charge in [-0.05, 0) is 18.1 Å². The highest BCUT2D eigenvalue weighted by Gasteiger charge is 2.41. The van der Waals surface area contributed by atoms with E-state index in [-0.39, 0.29) is 46.9 Å². The number of methoxy groups -OCH3 is 1. The van der Waals surface area contributed by atoms with Crippen LogP contribution < -0.4 is 11.5 Å². The van der Waals surface area contributed by atoms with E-state index in [0.29, 0.717) is 0 Å². The molecule has 10 heteroatoms. The largest absolute Gasteiger partial charge is 0.464 e. The maximum Gasteiger partial charge on any atom is 0.360 e. The smallest absolute Gasteiger partial charge is 0.360 e. The number of esters is 1. The van der Waals surface area contributed by atoms with Gasteiger partial charge in [0.2, 0.25) is 0 Å². The van der Waals surface area contributed by atoms with Gasteiger partial charge in [-0.2, -0.15) is 0 Å². The predicted molar refractivity (Wildman–Crippen MR) is 103 cm³/mol. The van der Waals surface area contributed by atoms with Crippen molar-refractivity contribution in [3.05, 3.63) is 11.4 Å². The number of nitrogens with zero attached hydrogens (tertiary/aromatic N) is 2. The third kappa shape index (κ3) is 4.45. The van der Waals surface area contributed by atoms with Crippen molar-refractivity contribution in [2.45, 2.75) is 57.5 Å². The van der Waals surface area contributed by atoms with Crippen molar-refractivity contribution in [1.82, 2.24) is 9.97 Å². The monoisotopic (exact) mass is 396 g/mol. The third-order valence-corrected chi connectivity index (χ3v) is 9.64. The lowest BCUT2D eigenvalue weighted by molar-refractivity contribution is -0.124. The molecule has 2 heterocycles. The topological polar surface area (TPSA) is 140 Å². The number of nitrogens with two attached hydrogens (primary N) is 2. The molecule has 0 unspecified atom stereocenters. The minimum Gasteiger partial charge on any atom is -0.464 e. The molecule has 27 heavy (non-hydrogen) atoms. The maximum atomic E-state index is 12.4. The molecule has 0 bridgehead atoms. The first-order valence-electron chi connectivity index (χ1n) is 8.70. The minimum atomic E-state index is -2.01. The molecule has 0 aliphatic carbocycles. The molecule has 9 nitrogen and oxygen atoms in total. The maximum absolute atomic E-state index is 12.4. The molecule has 1 aliphatic heterocycles. The van der Waals surface area contributed by atoms with Crippen molar-refractivity contribution in [2.75, 3.05) is 25.2 Å². The average Bonchev–Trinajstić information content (AvgIpc) is 2.92. The van der Waals surface area contributed by atoms with Gasteiger partial charge in [-0.1, -0.05) is 20.8 Å². The summed E-state index contributed by atoms with van der Waals surface area (Å²) in [6.07, 6.45) is -1.33. The first kappa shape index (κ1) is 21.3. The van der Waals surface area contributed by atoms with Crippen LogP contribution in [0.4, 0.5) is 11.6 Å². The number of ketones is 1. The summed E-state index contributed by atoms with van der Waals surface area (Å²) < 4.78 is 16.6. The Bertz CT molecular complexity index is 748. The van der Waals surface area contributed by atoms with E-state index in [4.69, 9.17) is 20.6 Å². The van der Waals surface area contributed by atoms with E-state index in [1.54, 1.807) is 0 Å². The van der Waals surface area contributed by atoms with Crippen molar-refractivity contribution < 1.29 is 23.5 Å². The molecule has 1 fully saturated rings. The zero-order valence-corrected chi connectivity index (χ0v) is 17.7. The molecule has 150 valence electrons. The molecule has 1 aliphatic rings. The number of carbonyl (C=O) groups is 2. The van der Waals surface area contributed by atoms with Crippen molar-refractivity contribution in [2.24, 2.45) is 0 Å². The number of hydrogen-bond donors (Lipinski definition) is 2. The Morgan fingerprint density at radius 2 is 1.89 bits per heavy atom. The average molecular weight is 397 g/mol. The Hall–Kier alpha value is -2.04. The predicted octanol–water partition coefficient (Wildman–Crippen LogP) is 1.85. The van der Waals surface area contributed by atoms with E-state index in [1.165, 1.54) is 7.11 Å². The first-order valence-corrected chi connectivity index (χ1v) is 11.6. The number of ether oxygens (including phenoxy) is 2. The standard InChI is InChI=1S/C17H28N4O5Si/c1-17(2,3)27(5,6)25-8-11-9(22)7-10(26-11)12-14(18)21-15(19)13(20-12)16(23)24-4/h10-11H,7-8H2,1-6H3,(H4,18,19,21)/t10-,11-/m1/s1. The van der Waals surface area contributed by atoms with Crippen LogP contribution in [0.5, 0.6) is 0 Å². The van der Waals surface area contributed by atoms with Gasteiger partial charge < -0.3 is 25.4 Å². The van der Waals surface area contributed by atoms with Gasteiger partial charge in [0.1, 0.15) is 23.7 Å². The van der Waals surface area contributed by atoms with Gasteiger partial charge in [0.15, 0.2) is 25.6 Å². The summed E-state index contributed by atoms with van der Waals surface area (Å²) in [7, 11) is -0.801. The Kier molecular flexibility index (Phi) is 5.93. The van der Waals surface area contributed by atoms with E-state index in [9.17, 15) is 9.59 Å². The van der Waals surface area contributed by atoms with Crippen LogP contribution in [0.3, 0.4) is 0 Å². The van der Waals surface area contributed by atoms with Crippen LogP contribution in [-0.2, 0) is 18.7 Å². The van der Waals surface area contributed by atoms with Crippen molar-refractivity contribution in [1.29, 1.82) is 0 Å². The number of anilines is 2. The molecular weight excluding hydrogens is 368 g/mol. The van der Waals surface area contributed by atoms with Crippen molar-refractivity contribution in [3.8, 4) is 0 Å². The summed E-state index contributed by atoms with van der Waals surface area (Å²) in [4.78, 5) is 32.2. The number of carbonyl (C=O) groups excluding carboxylic acids is 2. The summed E-state index contributed by atoms with van der Waals surface area (Å²) in [6.45, 7) is 10.8. The highest BCUT2D eigenvalue weighted by atomic mass is 28.4. The Labute approximate surface area is 159 Å². The molecule has 1 saturated heterocycles. The van der Waals surface area contributed by atoms with E-state index in [0.717, 1.165) is 0 Å². The van der Waals surface area contributed by atoms with Crippen LogP contribution in [0.1, 0.15) is 49.5 Å². The number of aromatic nitrogens is 2. The molecular formula is C17H28N4O5Si. The second-order valence-corrected chi connectivity index (χ2v) is 12.9. The van der Waals surface area contributed by atoms with E-state index in [1.807, 2.05) is 0 Å². The van der Waals surface area contributed by atoms with E-state index >= 15 is 0 Å². The highest BCUT2D eigenvalue weighted by molar-refractivity contribution is 6.74. The summed E-state index contributed by atoms with van der Waals surface area (Å²) in [5, 5.41) is 0.0241. The molecule has 0 aromatic carbocycles. The first-order chi connectivity index (χ1) is 12.4. The zero-order chi connectivity index (χ0) is 20.6. The second kappa shape index (κ2) is 7.53. The van der Waals surface area contributed by atoms with Crippen LogP contribution in [0.25, 0.3) is 0 Å². The molecule has 0 amide bonds. The van der Waals surface area contributed by atoms with Gasteiger partial charge in [0, 0.05) is 6.42 Å². The lowest BCUT2D eigenvalue weighted by Crippen LogP contribution is -2.43. The fraction of sp³-hybridized carbons (Fsp3) is 0.647. The zero-order valence-electron chi connectivity index (χ0n) is 16.7. The SMILES string of the molecule is COC(=O)c1nc([C@H]2CC(=O)[C@@H](CO[Si](C)(C)C(C)(C)C)O2)c(N)nc1N. The van der Waals surface area contributed by atoms with Crippen LogP contribution in [0.15, 0.2) is 0 Å². The van der Waals surface area contributed by atoms with Crippen molar-refractivity contribution in [3.63, 3.8) is 0 Å². The van der Waals surface area contributed by atoms with Crippen LogP contribution in [0, 0.1) is 0 Å². The Morgan fingerprint density at radius 1 is 1.26 bits per heavy atom. The molecule has 4 N–H and O–H groups in total. The molecule has 0 radical (unpaired) electrons. The van der Waals surface area contributed by atoms with Gasteiger partial charge in [0.05, 0.1) is 13.7 Å². The van der Waals surface area contributed by atoms with Crippen molar-refractivity contribution >= 4 is 31.7 Å².